The van der Waals surface area contributed by atoms with Crippen LogP contribution in [0.4, 0.5) is 9.59 Å². The highest BCUT2D eigenvalue weighted by Gasteiger charge is 2.17. The van der Waals surface area contributed by atoms with Crippen LogP contribution in [0.15, 0.2) is 12.2 Å². The Morgan fingerprint density at radius 1 is 0.905 bits per heavy atom. The zero-order chi connectivity index (χ0) is 16.3. The monoisotopic (exact) mass is 304 g/mol. The van der Waals surface area contributed by atoms with Crippen LogP contribution in [0.1, 0.15) is 20.3 Å². The molecule has 0 bridgehead atoms. The average molecular weight is 304 g/mol. The van der Waals surface area contributed by atoms with Gasteiger partial charge in [0, 0.05) is 5.57 Å². The van der Waals surface area contributed by atoms with Gasteiger partial charge in [-0.05, 0) is 13.8 Å². The third kappa shape index (κ3) is 8.86. The minimum Gasteiger partial charge on any atom is -0.448 e. The highest BCUT2D eigenvalue weighted by atomic mass is 16.7. The van der Waals surface area contributed by atoms with Gasteiger partial charge in [-0.25, -0.2) is 19.2 Å². The lowest BCUT2D eigenvalue weighted by molar-refractivity contribution is -0.152. The van der Waals surface area contributed by atoms with Crippen molar-refractivity contribution in [1.29, 1.82) is 0 Å². The largest absolute Gasteiger partial charge is 0.448 e. The topological polar surface area (TPSA) is 129 Å². The SMILES string of the molecule is C=C(CC(=O)ONC(=O)OCC)C(=O)ONC(=O)OCC. The normalized spacial score (nSPS) is 9.05. The van der Waals surface area contributed by atoms with Crippen molar-refractivity contribution in [3.63, 3.8) is 0 Å². The van der Waals surface area contributed by atoms with Gasteiger partial charge in [-0.3, -0.25) is 0 Å². The smallest absolute Gasteiger partial charge is 0.440 e. The number of carbonyl (C=O) groups is 4. The second-order valence-electron chi connectivity index (χ2n) is 3.29. The van der Waals surface area contributed by atoms with Crippen LogP contribution in [0.5, 0.6) is 0 Å². The summed E-state index contributed by atoms with van der Waals surface area (Å²) < 4.78 is 8.86. The van der Waals surface area contributed by atoms with E-state index in [0.29, 0.717) is 0 Å². The van der Waals surface area contributed by atoms with Crippen LogP contribution >= 0.6 is 0 Å². The van der Waals surface area contributed by atoms with E-state index in [1.807, 2.05) is 0 Å². The standard InChI is InChI=1S/C11H16N2O8/c1-4-18-10(16)12-20-8(14)6-7(3)9(15)21-13-11(17)19-5-2/h3-6H2,1-2H3,(H,12,16)(H,13,17). The van der Waals surface area contributed by atoms with Crippen molar-refractivity contribution in [3.8, 4) is 0 Å². The highest BCUT2D eigenvalue weighted by Crippen LogP contribution is 2.01. The van der Waals surface area contributed by atoms with Gasteiger partial charge in [0.25, 0.3) is 0 Å². The molecule has 0 aliphatic heterocycles. The molecule has 0 unspecified atom stereocenters. The molecular weight excluding hydrogens is 288 g/mol. The molecule has 0 saturated heterocycles. The Hall–Kier alpha value is -2.78. The zero-order valence-corrected chi connectivity index (χ0v) is 11.6. The van der Waals surface area contributed by atoms with Gasteiger partial charge < -0.3 is 19.1 Å². The molecule has 10 nitrogen and oxygen atoms in total. The van der Waals surface area contributed by atoms with Crippen LogP contribution in [-0.4, -0.2) is 37.3 Å². The molecule has 0 fully saturated rings. The van der Waals surface area contributed by atoms with Crippen molar-refractivity contribution < 1.29 is 38.3 Å². The third-order valence-corrected chi connectivity index (χ3v) is 1.67. The van der Waals surface area contributed by atoms with Gasteiger partial charge in [0.05, 0.1) is 19.6 Å². The maximum absolute atomic E-state index is 11.3. The molecule has 0 aromatic heterocycles. The van der Waals surface area contributed by atoms with E-state index < -0.39 is 30.5 Å². The molecule has 0 rings (SSSR count). The third-order valence-electron chi connectivity index (χ3n) is 1.67. The van der Waals surface area contributed by atoms with Gasteiger partial charge >= 0.3 is 24.1 Å². The summed E-state index contributed by atoms with van der Waals surface area (Å²) in [5.41, 5.74) is 3.09. The highest BCUT2D eigenvalue weighted by molar-refractivity contribution is 5.93. The first-order chi connectivity index (χ1) is 9.90. The summed E-state index contributed by atoms with van der Waals surface area (Å²) in [5, 5.41) is 0. The summed E-state index contributed by atoms with van der Waals surface area (Å²) in [4.78, 5) is 52.8. The molecule has 0 atom stereocenters. The van der Waals surface area contributed by atoms with Crippen molar-refractivity contribution in [2.75, 3.05) is 13.2 Å². The van der Waals surface area contributed by atoms with E-state index in [0.717, 1.165) is 0 Å². The van der Waals surface area contributed by atoms with Gasteiger partial charge in [-0.15, -0.1) is 11.0 Å². The van der Waals surface area contributed by atoms with E-state index in [4.69, 9.17) is 0 Å². The van der Waals surface area contributed by atoms with E-state index in [1.54, 1.807) is 24.8 Å². The molecule has 0 spiro atoms. The van der Waals surface area contributed by atoms with Gasteiger partial charge in [0.2, 0.25) is 0 Å². The number of nitrogens with one attached hydrogen (secondary N) is 2. The fourth-order valence-corrected chi connectivity index (χ4v) is 0.862. The molecule has 0 aliphatic carbocycles. The van der Waals surface area contributed by atoms with Crippen LogP contribution < -0.4 is 11.0 Å². The maximum Gasteiger partial charge on any atom is 0.440 e. The van der Waals surface area contributed by atoms with Crippen LogP contribution in [0.2, 0.25) is 0 Å². The Balaban J connectivity index is 4.00. The Bertz CT molecular complexity index is 420. The lowest BCUT2D eigenvalue weighted by atomic mass is 10.2. The molecule has 0 saturated carbocycles. The summed E-state index contributed by atoms with van der Waals surface area (Å²) in [6, 6.07) is 0. The summed E-state index contributed by atoms with van der Waals surface area (Å²) in [6.45, 7) is 6.59. The second-order valence-corrected chi connectivity index (χ2v) is 3.29. The predicted octanol–water partition coefficient (Wildman–Crippen LogP) is 0.341. The summed E-state index contributed by atoms with van der Waals surface area (Å²) in [7, 11) is 0. The van der Waals surface area contributed by atoms with Gasteiger partial charge in [0.1, 0.15) is 0 Å². The van der Waals surface area contributed by atoms with Gasteiger partial charge in [0.15, 0.2) is 0 Å². The molecule has 10 heteroatoms. The van der Waals surface area contributed by atoms with Crippen LogP contribution in [-0.2, 0) is 28.7 Å². The maximum atomic E-state index is 11.3. The van der Waals surface area contributed by atoms with Crippen LogP contribution in [0, 0.1) is 0 Å². The van der Waals surface area contributed by atoms with Crippen LogP contribution in [0.3, 0.4) is 0 Å². The second kappa shape index (κ2) is 10.1. The first-order valence-electron chi connectivity index (χ1n) is 5.84. The fourth-order valence-electron chi connectivity index (χ4n) is 0.862. The quantitative estimate of drug-likeness (QED) is 0.422. The molecule has 0 radical (unpaired) electrons. The number of hydrogen-bond acceptors (Lipinski definition) is 8. The summed E-state index contributed by atoms with van der Waals surface area (Å²) in [6.07, 6.45) is -2.48. The van der Waals surface area contributed by atoms with E-state index in [9.17, 15) is 19.2 Å². The van der Waals surface area contributed by atoms with Crippen molar-refractivity contribution in [3.05, 3.63) is 12.2 Å². The zero-order valence-electron chi connectivity index (χ0n) is 11.6. The Kier molecular flexibility index (Phi) is 8.73. The first-order valence-corrected chi connectivity index (χ1v) is 5.84. The average Bonchev–Trinajstić information content (AvgIpc) is 2.43. The van der Waals surface area contributed by atoms with E-state index in [-0.39, 0.29) is 18.8 Å². The summed E-state index contributed by atoms with van der Waals surface area (Å²) in [5.74, 6) is -2.03. The number of carbonyl (C=O) groups excluding carboxylic acids is 4. The number of hydrogen-bond donors (Lipinski definition) is 2. The lowest BCUT2D eigenvalue weighted by Crippen LogP contribution is -2.30. The Labute approximate surface area is 120 Å². The van der Waals surface area contributed by atoms with Crippen molar-refractivity contribution in [2.24, 2.45) is 0 Å². The van der Waals surface area contributed by atoms with Crippen molar-refractivity contribution >= 4 is 24.1 Å². The first kappa shape index (κ1) is 18.2. The minimum atomic E-state index is -1.06. The minimum absolute atomic E-state index is 0.0934. The molecular formula is C11H16N2O8. The lowest BCUT2D eigenvalue weighted by Gasteiger charge is -2.07. The molecule has 0 aliphatic rings. The molecule has 0 aromatic rings. The Morgan fingerprint density at radius 2 is 1.38 bits per heavy atom. The van der Waals surface area contributed by atoms with Crippen molar-refractivity contribution in [2.45, 2.75) is 20.3 Å². The number of amides is 2. The fraction of sp³-hybridized carbons (Fsp3) is 0.455. The summed E-state index contributed by atoms with van der Waals surface area (Å²) >= 11 is 0. The van der Waals surface area contributed by atoms with Crippen LogP contribution in [0.25, 0.3) is 0 Å². The number of ether oxygens (including phenoxy) is 2. The molecule has 0 heterocycles. The molecule has 2 N–H and O–H groups in total. The molecule has 21 heavy (non-hydrogen) atoms. The molecule has 0 aromatic carbocycles. The van der Waals surface area contributed by atoms with Crippen molar-refractivity contribution in [1.82, 2.24) is 11.0 Å². The van der Waals surface area contributed by atoms with Gasteiger partial charge in [-0.1, -0.05) is 6.58 Å². The Morgan fingerprint density at radius 3 is 1.86 bits per heavy atom. The molecule has 118 valence electrons. The number of hydroxylamine groups is 2. The van der Waals surface area contributed by atoms with E-state index in [2.05, 4.69) is 25.7 Å². The molecule has 2 amide bonds. The number of rotatable bonds is 5. The van der Waals surface area contributed by atoms with E-state index >= 15 is 0 Å². The predicted molar refractivity (Wildman–Crippen MR) is 66.3 cm³/mol. The van der Waals surface area contributed by atoms with E-state index in [1.165, 1.54) is 0 Å². The van der Waals surface area contributed by atoms with Gasteiger partial charge in [-0.2, -0.15) is 0 Å².